The second-order valence-electron chi connectivity index (χ2n) is 10.9. The standard InChI is InChI=1S/C29H31F6N3O4/c1-27(2,3)42-26(41)18(14-15-28(30,31)32)20(16-29(33,34)35)24(39)37-23-25(40)38(4)21-13-9-8-12-19(21)22(36-23)17-10-6-5-7-11-17/h5-13,18,20,23H,14-16H2,1-4H3,(H,37,39)/t18-,20+,23+/m0/s1. The van der Waals surface area contributed by atoms with E-state index in [1.807, 2.05) is 0 Å². The fourth-order valence-corrected chi connectivity index (χ4v) is 4.53. The maximum absolute atomic E-state index is 13.7. The maximum atomic E-state index is 13.7. The number of esters is 1. The van der Waals surface area contributed by atoms with Crippen molar-refractivity contribution >= 4 is 29.2 Å². The molecule has 3 atom stereocenters. The lowest BCUT2D eigenvalue weighted by molar-refractivity contribution is -0.177. The molecule has 2 amide bonds. The lowest BCUT2D eigenvalue weighted by Crippen LogP contribution is -2.50. The van der Waals surface area contributed by atoms with Crippen LogP contribution in [0.15, 0.2) is 59.6 Å². The molecule has 0 spiro atoms. The van der Waals surface area contributed by atoms with Gasteiger partial charge in [0.1, 0.15) is 5.60 Å². The molecule has 228 valence electrons. The number of alkyl halides is 6. The average Bonchev–Trinajstić information content (AvgIpc) is 2.97. The van der Waals surface area contributed by atoms with Crippen LogP contribution in [-0.2, 0) is 19.1 Å². The van der Waals surface area contributed by atoms with Gasteiger partial charge in [0.2, 0.25) is 12.1 Å². The van der Waals surface area contributed by atoms with E-state index in [0.29, 0.717) is 16.8 Å². The number of benzodiazepines with no additional fused rings is 1. The van der Waals surface area contributed by atoms with Crippen molar-refractivity contribution < 1.29 is 45.5 Å². The summed E-state index contributed by atoms with van der Waals surface area (Å²) < 4.78 is 85.6. The van der Waals surface area contributed by atoms with Crippen LogP contribution in [0.4, 0.5) is 32.0 Å². The van der Waals surface area contributed by atoms with Gasteiger partial charge in [-0.15, -0.1) is 0 Å². The summed E-state index contributed by atoms with van der Waals surface area (Å²) in [4.78, 5) is 45.4. The molecule has 1 heterocycles. The van der Waals surface area contributed by atoms with Gasteiger partial charge in [0, 0.05) is 24.6 Å². The number of ether oxygens (including phenoxy) is 1. The number of halogens is 6. The third-order valence-corrected chi connectivity index (χ3v) is 6.39. The van der Waals surface area contributed by atoms with Crippen molar-refractivity contribution in [1.82, 2.24) is 5.32 Å². The molecule has 1 N–H and O–H groups in total. The summed E-state index contributed by atoms with van der Waals surface area (Å²) in [6, 6.07) is 15.2. The minimum atomic E-state index is -5.04. The van der Waals surface area contributed by atoms with Gasteiger partial charge >= 0.3 is 18.3 Å². The van der Waals surface area contributed by atoms with Crippen molar-refractivity contribution in [1.29, 1.82) is 0 Å². The van der Waals surface area contributed by atoms with Crippen LogP contribution in [0, 0.1) is 11.8 Å². The van der Waals surface area contributed by atoms with E-state index in [-0.39, 0.29) is 5.71 Å². The minimum absolute atomic E-state index is 0.252. The van der Waals surface area contributed by atoms with Crippen molar-refractivity contribution in [3.63, 3.8) is 0 Å². The Labute approximate surface area is 238 Å². The smallest absolute Gasteiger partial charge is 0.389 e. The van der Waals surface area contributed by atoms with E-state index < -0.39 is 73.0 Å². The number of aliphatic imine (C=N–C) groups is 1. The number of rotatable bonds is 8. The first-order valence-corrected chi connectivity index (χ1v) is 13.0. The highest BCUT2D eigenvalue weighted by molar-refractivity contribution is 6.20. The molecule has 0 radical (unpaired) electrons. The molecule has 0 saturated heterocycles. The Balaban J connectivity index is 2.06. The molecule has 2 aromatic rings. The van der Waals surface area contributed by atoms with Gasteiger partial charge in [-0.05, 0) is 33.3 Å². The molecule has 0 aromatic heterocycles. The van der Waals surface area contributed by atoms with Gasteiger partial charge in [-0.3, -0.25) is 14.4 Å². The third-order valence-electron chi connectivity index (χ3n) is 6.39. The van der Waals surface area contributed by atoms with Crippen molar-refractivity contribution in [3.8, 4) is 0 Å². The number of carbonyl (C=O) groups is 3. The first-order valence-electron chi connectivity index (χ1n) is 13.0. The molecule has 13 heteroatoms. The number of nitrogens with zero attached hydrogens (tertiary/aromatic N) is 2. The third kappa shape index (κ3) is 8.80. The minimum Gasteiger partial charge on any atom is -0.460 e. The molecular weight excluding hydrogens is 568 g/mol. The summed E-state index contributed by atoms with van der Waals surface area (Å²) in [5.41, 5.74) is 0.441. The van der Waals surface area contributed by atoms with Gasteiger partial charge in [-0.2, -0.15) is 26.3 Å². The van der Waals surface area contributed by atoms with Crippen LogP contribution in [0.1, 0.15) is 51.2 Å². The van der Waals surface area contributed by atoms with Gasteiger partial charge < -0.3 is 15.0 Å². The van der Waals surface area contributed by atoms with Crippen LogP contribution in [0.3, 0.4) is 0 Å². The highest BCUT2D eigenvalue weighted by atomic mass is 19.4. The number of para-hydroxylation sites is 1. The second kappa shape index (κ2) is 12.5. The molecule has 0 saturated carbocycles. The number of hydrogen-bond donors (Lipinski definition) is 1. The van der Waals surface area contributed by atoms with Crippen molar-refractivity contribution in [2.75, 3.05) is 11.9 Å². The number of likely N-dealkylation sites (N-methyl/N-ethyl adjacent to an activating group) is 1. The van der Waals surface area contributed by atoms with Crippen molar-refractivity contribution in [2.45, 2.75) is 64.2 Å². The second-order valence-corrected chi connectivity index (χ2v) is 10.9. The fourth-order valence-electron chi connectivity index (χ4n) is 4.53. The molecule has 0 unspecified atom stereocenters. The molecule has 3 rings (SSSR count). The van der Waals surface area contributed by atoms with Gasteiger partial charge in [0.15, 0.2) is 0 Å². The van der Waals surface area contributed by atoms with Crippen LogP contribution in [0.2, 0.25) is 0 Å². The summed E-state index contributed by atoms with van der Waals surface area (Å²) >= 11 is 0. The van der Waals surface area contributed by atoms with Crippen molar-refractivity contribution in [2.24, 2.45) is 16.8 Å². The molecule has 0 fully saturated rings. The van der Waals surface area contributed by atoms with E-state index >= 15 is 0 Å². The van der Waals surface area contributed by atoms with E-state index in [9.17, 15) is 40.7 Å². The van der Waals surface area contributed by atoms with Gasteiger partial charge in [0.25, 0.3) is 5.91 Å². The van der Waals surface area contributed by atoms with Crippen LogP contribution >= 0.6 is 0 Å². The number of fused-ring (bicyclic) bond motifs is 1. The van der Waals surface area contributed by atoms with Crippen LogP contribution in [0.5, 0.6) is 0 Å². The highest BCUT2D eigenvalue weighted by Gasteiger charge is 2.46. The zero-order chi connectivity index (χ0) is 31.5. The number of anilines is 1. The Morgan fingerprint density at radius 3 is 2.10 bits per heavy atom. The zero-order valence-electron chi connectivity index (χ0n) is 23.3. The first kappa shape index (κ1) is 32.6. The Hall–Kier alpha value is -3.90. The van der Waals surface area contributed by atoms with E-state index in [1.165, 1.54) is 32.7 Å². The molecule has 2 aromatic carbocycles. The van der Waals surface area contributed by atoms with Crippen LogP contribution in [0.25, 0.3) is 0 Å². The van der Waals surface area contributed by atoms with Crippen LogP contribution < -0.4 is 10.2 Å². The van der Waals surface area contributed by atoms with Gasteiger partial charge in [-0.1, -0.05) is 48.5 Å². The topological polar surface area (TPSA) is 88.1 Å². The molecule has 0 bridgehead atoms. The Bertz CT molecular complexity index is 1320. The maximum Gasteiger partial charge on any atom is 0.389 e. The Morgan fingerprint density at radius 1 is 0.929 bits per heavy atom. The summed E-state index contributed by atoms with van der Waals surface area (Å²) in [5.74, 6) is -8.10. The SMILES string of the molecule is CN1C(=O)[C@@H](NC(=O)[C@H](CC(F)(F)F)[C@H](CCC(F)(F)F)C(=O)OC(C)(C)C)N=C(c2ccccc2)c2ccccc21. The molecule has 1 aliphatic heterocycles. The van der Waals surface area contributed by atoms with Gasteiger partial charge in [-0.25, -0.2) is 4.99 Å². The molecule has 1 aliphatic rings. The van der Waals surface area contributed by atoms with E-state index in [1.54, 1.807) is 54.6 Å². The number of benzene rings is 2. The zero-order valence-corrected chi connectivity index (χ0v) is 23.3. The Morgan fingerprint density at radius 2 is 1.52 bits per heavy atom. The highest BCUT2D eigenvalue weighted by Crippen LogP contribution is 2.36. The summed E-state index contributed by atoms with van der Waals surface area (Å²) in [6.45, 7) is 4.17. The summed E-state index contributed by atoms with van der Waals surface area (Å²) in [7, 11) is 1.39. The molecular formula is C29H31F6N3O4. The fraction of sp³-hybridized carbons (Fsp3) is 0.448. The monoisotopic (exact) mass is 599 g/mol. The molecule has 42 heavy (non-hydrogen) atoms. The van der Waals surface area contributed by atoms with Crippen LogP contribution in [-0.4, -0.2) is 54.7 Å². The molecule has 7 nitrogen and oxygen atoms in total. The normalized spacial score (nSPS) is 17.5. The lowest BCUT2D eigenvalue weighted by Gasteiger charge is -2.30. The number of nitrogens with one attached hydrogen (secondary N) is 1. The number of amides is 2. The number of carbonyl (C=O) groups excluding carboxylic acids is 3. The van der Waals surface area contributed by atoms with E-state index in [0.717, 1.165) is 0 Å². The summed E-state index contributed by atoms with van der Waals surface area (Å²) in [6.07, 6.45) is -16.3. The van der Waals surface area contributed by atoms with Crippen molar-refractivity contribution in [3.05, 3.63) is 65.7 Å². The lowest BCUT2D eigenvalue weighted by atomic mass is 9.84. The quantitative estimate of drug-likeness (QED) is 0.307. The predicted octanol–water partition coefficient (Wildman–Crippen LogP) is 5.81. The number of hydrogen-bond acceptors (Lipinski definition) is 5. The molecule has 0 aliphatic carbocycles. The van der Waals surface area contributed by atoms with Gasteiger partial charge in [0.05, 0.1) is 29.7 Å². The average molecular weight is 600 g/mol. The largest absolute Gasteiger partial charge is 0.460 e. The predicted molar refractivity (Wildman–Crippen MR) is 143 cm³/mol. The summed E-state index contributed by atoms with van der Waals surface area (Å²) in [5, 5.41) is 2.18. The Kier molecular flexibility index (Phi) is 9.74. The first-order chi connectivity index (χ1) is 19.4. The van der Waals surface area contributed by atoms with E-state index in [2.05, 4.69) is 10.3 Å². The van der Waals surface area contributed by atoms with E-state index in [4.69, 9.17) is 4.74 Å².